The molecule has 3 aromatic carbocycles. The van der Waals surface area contributed by atoms with Crippen LogP contribution in [0.5, 0.6) is 0 Å². The first-order valence-corrected chi connectivity index (χ1v) is 8.82. The summed E-state index contributed by atoms with van der Waals surface area (Å²) in [6.45, 7) is 0.162. The van der Waals surface area contributed by atoms with Gasteiger partial charge in [0.15, 0.2) is 0 Å². The van der Waals surface area contributed by atoms with E-state index in [9.17, 15) is 4.79 Å². The number of nitrogens with one attached hydrogen (secondary N) is 1. The summed E-state index contributed by atoms with van der Waals surface area (Å²) in [4.78, 5) is 11.2. The molecule has 0 saturated carbocycles. The van der Waals surface area contributed by atoms with Crippen molar-refractivity contribution in [1.82, 2.24) is 4.57 Å². The molecule has 0 unspecified atom stereocenters. The molecule has 4 nitrogen and oxygen atoms in total. The summed E-state index contributed by atoms with van der Waals surface area (Å²) in [5.41, 5.74) is 5.50. The summed E-state index contributed by atoms with van der Waals surface area (Å²) in [6, 6.07) is 27.0. The molecule has 0 radical (unpaired) electrons. The van der Waals surface area contributed by atoms with Crippen molar-refractivity contribution in [3.63, 3.8) is 0 Å². The molecular formula is C23H20N2O2. The highest BCUT2D eigenvalue weighted by atomic mass is 16.5. The van der Waals surface area contributed by atoms with E-state index in [0.717, 1.165) is 22.5 Å². The third kappa shape index (κ3) is 3.55. The van der Waals surface area contributed by atoms with Gasteiger partial charge in [0.25, 0.3) is 0 Å². The Morgan fingerprint density at radius 2 is 1.56 bits per heavy atom. The van der Waals surface area contributed by atoms with Gasteiger partial charge in [-0.3, -0.25) is 4.79 Å². The quantitative estimate of drug-likeness (QED) is 0.518. The number of benzene rings is 3. The predicted molar refractivity (Wildman–Crippen MR) is 109 cm³/mol. The van der Waals surface area contributed by atoms with Crippen LogP contribution in [0.1, 0.15) is 0 Å². The largest absolute Gasteiger partial charge is 0.468 e. The van der Waals surface area contributed by atoms with Crippen LogP contribution < -0.4 is 5.32 Å². The number of carbonyl (C=O) groups excluding carboxylic acids is 1. The monoisotopic (exact) mass is 356 g/mol. The fraction of sp³-hybridized carbons (Fsp3) is 0.0870. The van der Waals surface area contributed by atoms with Crippen molar-refractivity contribution in [2.45, 2.75) is 0 Å². The van der Waals surface area contributed by atoms with Gasteiger partial charge in [-0.15, -0.1) is 0 Å². The van der Waals surface area contributed by atoms with E-state index >= 15 is 0 Å². The van der Waals surface area contributed by atoms with Gasteiger partial charge < -0.3 is 14.6 Å². The number of hydrogen-bond acceptors (Lipinski definition) is 3. The van der Waals surface area contributed by atoms with Crippen molar-refractivity contribution in [2.75, 3.05) is 19.0 Å². The van der Waals surface area contributed by atoms with Gasteiger partial charge in [0.1, 0.15) is 6.54 Å². The zero-order valence-electron chi connectivity index (χ0n) is 15.1. The van der Waals surface area contributed by atoms with Gasteiger partial charge in [0.05, 0.1) is 12.6 Å². The van der Waals surface area contributed by atoms with Crippen LogP contribution in [0.3, 0.4) is 0 Å². The number of anilines is 1. The minimum Gasteiger partial charge on any atom is -0.468 e. The number of esters is 1. The SMILES string of the molecule is COC(=O)CNc1ccc(-c2ccc(-n3ccc4ccccc43)cc2)cc1. The topological polar surface area (TPSA) is 43.3 Å². The molecule has 0 saturated heterocycles. The van der Waals surface area contributed by atoms with Crippen molar-refractivity contribution in [2.24, 2.45) is 0 Å². The van der Waals surface area contributed by atoms with E-state index in [2.05, 4.69) is 75.4 Å². The highest BCUT2D eigenvalue weighted by molar-refractivity contribution is 5.82. The molecule has 134 valence electrons. The Morgan fingerprint density at radius 1 is 0.889 bits per heavy atom. The molecule has 1 aromatic heterocycles. The number of methoxy groups -OCH3 is 1. The number of hydrogen-bond donors (Lipinski definition) is 1. The van der Waals surface area contributed by atoms with Crippen LogP contribution >= 0.6 is 0 Å². The molecule has 1 heterocycles. The molecule has 0 aliphatic carbocycles. The molecule has 27 heavy (non-hydrogen) atoms. The molecule has 4 aromatic rings. The molecule has 0 fully saturated rings. The maximum atomic E-state index is 11.2. The van der Waals surface area contributed by atoms with Crippen LogP contribution in [0.25, 0.3) is 27.7 Å². The Hall–Kier alpha value is -3.53. The first kappa shape index (κ1) is 16.9. The standard InChI is InChI=1S/C23H20N2O2/c1-27-23(26)16-24-20-10-6-17(7-11-20)18-8-12-21(13-9-18)25-15-14-19-4-2-3-5-22(19)25/h2-15,24H,16H2,1H3. The molecule has 0 atom stereocenters. The van der Waals surface area contributed by atoms with Gasteiger partial charge in [-0.1, -0.05) is 42.5 Å². The smallest absolute Gasteiger partial charge is 0.325 e. The van der Waals surface area contributed by atoms with Crippen molar-refractivity contribution in [1.29, 1.82) is 0 Å². The van der Waals surface area contributed by atoms with E-state index in [4.69, 9.17) is 0 Å². The first-order valence-electron chi connectivity index (χ1n) is 8.82. The van der Waals surface area contributed by atoms with Gasteiger partial charge >= 0.3 is 5.97 Å². The summed E-state index contributed by atoms with van der Waals surface area (Å²) in [7, 11) is 1.38. The Labute approximate surface area is 158 Å². The molecular weight excluding hydrogens is 336 g/mol. The Balaban J connectivity index is 1.53. The summed E-state index contributed by atoms with van der Waals surface area (Å²) in [5, 5.41) is 4.27. The van der Waals surface area contributed by atoms with Crippen LogP contribution in [0.2, 0.25) is 0 Å². The third-order valence-corrected chi connectivity index (χ3v) is 4.63. The molecule has 0 amide bonds. The lowest BCUT2D eigenvalue weighted by Gasteiger charge is -2.09. The van der Waals surface area contributed by atoms with Crippen LogP contribution in [-0.2, 0) is 9.53 Å². The highest BCUT2D eigenvalue weighted by Crippen LogP contribution is 2.25. The fourth-order valence-corrected chi connectivity index (χ4v) is 3.15. The summed E-state index contributed by atoms with van der Waals surface area (Å²) in [6.07, 6.45) is 2.10. The normalized spacial score (nSPS) is 10.7. The van der Waals surface area contributed by atoms with E-state index in [1.807, 2.05) is 24.3 Å². The number of nitrogens with zero attached hydrogens (tertiary/aromatic N) is 1. The van der Waals surface area contributed by atoms with Gasteiger partial charge in [0, 0.05) is 17.6 Å². The molecule has 0 aliphatic heterocycles. The third-order valence-electron chi connectivity index (χ3n) is 4.63. The number of fused-ring (bicyclic) bond motifs is 1. The van der Waals surface area contributed by atoms with E-state index < -0.39 is 0 Å². The zero-order valence-corrected chi connectivity index (χ0v) is 15.1. The molecule has 1 N–H and O–H groups in total. The molecule has 0 spiro atoms. The lowest BCUT2D eigenvalue weighted by Crippen LogP contribution is -2.14. The van der Waals surface area contributed by atoms with Gasteiger partial charge in [-0.05, 0) is 52.9 Å². The van der Waals surface area contributed by atoms with Crippen molar-refractivity contribution in [3.8, 4) is 16.8 Å². The van der Waals surface area contributed by atoms with Crippen LogP contribution in [0.15, 0.2) is 85.1 Å². The second-order valence-electron chi connectivity index (χ2n) is 6.30. The number of carbonyl (C=O) groups is 1. The lowest BCUT2D eigenvalue weighted by molar-refractivity contribution is -0.138. The molecule has 0 aliphatic rings. The Bertz CT molecular complexity index is 1060. The average Bonchev–Trinajstić information content (AvgIpc) is 3.17. The van der Waals surface area contributed by atoms with Crippen molar-refractivity contribution >= 4 is 22.6 Å². The maximum Gasteiger partial charge on any atom is 0.325 e. The van der Waals surface area contributed by atoms with Crippen LogP contribution in [0.4, 0.5) is 5.69 Å². The van der Waals surface area contributed by atoms with Crippen LogP contribution in [0, 0.1) is 0 Å². The average molecular weight is 356 g/mol. The minimum absolute atomic E-state index is 0.162. The van der Waals surface area contributed by atoms with Gasteiger partial charge in [0.2, 0.25) is 0 Å². The van der Waals surface area contributed by atoms with Crippen LogP contribution in [-0.4, -0.2) is 24.2 Å². The second-order valence-corrected chi connectivity index (χ2v) is 6.30. The number of para-hydroxylation sites is 1. The maximum absolute atomic E-state index is 11.2. The highest BCUT2D eigenvalue weighted by Gasteiger charge is 2.04. The molecule has 4 heteroatoms. The first-order chi connectivity index (χ1) is 13.2. The summed E-state index contributed by atoms with van der Waals surface area (Å²) >= 11 is 0. The summed E-state index contributed by atoms with van der Waals surface area (Å²) < 4.78 is 6.82. The Morgan fingerprint density at radius 3 is 2.26 bits per heavy atom. The van der Waals surface area contributed by atoms with Gasteiger partial charge in [-0.2, -0.15) is 0 Å². The Kier molecular flexibility index (Phi) is 4.62. The van der Waals surface area contributed by atoms with Gasteiger partial charge in [-0.25, -0.2) is 0 Å². The van der Waals surface area contributed by atoms with Crippen molar-refractivity contribution < 1.29 is 9.53 Å². The lowest BCUT2D eigenvalue weighted by atomic mass is 10.0. The number of rotatable bonds is 5. The predicted octanol–water partition coefficient (Wildman–Crippen LogP) is 4.88. The van der Waals surface area contributed by atoms with E-state index in [-0.39, 0.29) is 12.5 Å². The molecule has 0 bridgehead atoms. The number of aromatic nitrogens is 1. The van der Waals surface area contributed by atoms with Crippen molar-refractivity contribution in [3.05, 3.63) is 85.1 Å². The second kappa shape index (κ2) is 7.38. The van der Waals surface area contributed by atoms with E-state index in [1.54, 1.807) is 0 Å². The summed E-state index contributed by atoms with van der Waals surface area (Å²) in [5.74, 6) is -0.285. The minimum atomic E-state index is -0.285. The fourth-order valence-electron chi connectivity index (χ4n) is 3.15. The van der Waals surface area contributed by atoms with E-state index in [1.165, 1.54) is 18.0 Å². The molecule has 4 rings (SSSR count). The zero-order chi connectivity index (χ0) is 18.6. The number of ether oxygens (including phenoxy) is 1. The van der Waals surface area contributed by atoms with E-state index in [0.29, 0.717) is 0 Å².